The number of fused-ring (bicyclic) bond motifs is 4. The van der Waals surface area contributed by atoms with E-state index in [-0.39, 0.29) is 11.5 Å². The van der Waals surface area contributed by atoms with Gasteiger partial charge in [-0.2, -0.15) is 0 Å². The van der Waals surface area contributed by atoms with Gasteiger partial charge in [0.1, 0.15) is 5.82 Å². The Morgan fingerprint density at radius 2 is 1.52 bits per heavy atom. The highest BCUT2D eigenvalue weighted by molar-refractivity contribution is 6.17. The minimum absolute atomic E-state index is 0.0251. The zero-order valence-electron chi connectivity index (χ0n) is 25.2. The van der Waals surface area contributed by atoms with Gasteiger partial charge in [-0.3, -0.25) is 4.90 Å². The van der Waals surface area contributed by atoms with Crippen LogP contribution >= 0.6 is 0 Å². The fourth-order valence-electron chi connectivity index (χ4n) is 7.46. The number of rotatable bonds is 4. The Morgan fingerprint density at radius 1 is 0.750 bits per heavy atom. The lowest BCUT2D eigenvalue weighted by Gasteiger charge is -2.37. The van der Waals surface area contributed by atoms with Crippen molar-refractivity contribution >= 4 is 22.7 Å². The molecule has 1 atom stereocenters. The second-order valence-corrected chi connectivity index (χ2v) is 12.3. The van der Waals surface area contributed by atoms with E-state index in [1.54, 1.807) is 0 Å². The molecule has 4 aromatic rings. The molecule has 1 N–H and O–H groups in total. The minimum atomic E-state index is -0.314. The van der Waals surface area contributed by atoms with Crippen molar-refractivity contribution in [2.24, 2.45) is 5.41 Å². The first-order valence-corrected chi connectivity index (χ1v) is 15.6. The van der Waals surface area contributed by atoms with E-state index in [1.165, 1.54) is 50.2 Å². The molecule has 3 heterocycles. The van der Waals surface area contributed by atoms with E-state index in [0.29, 0.717) is 0 Å². The van der Waals surface area contributed by atoms with Gasteiger partial charge in [0.15, 0.2) is 0 Å². The molecule has 2 aliphatic heterocycles. The lowest BCUT2D eigenvalue weighted by molar-refractivity contribution is 0.542. The van der Waals surface area contributed by atoms with Crippen molar-refractivity contribution in [1.82, 2.24) is 10.3 Å². The lowest BCUT2D eigenvalue weighted by Crippen LogP contribution is -2.30. The van der Waals surface area contributed by atoms with Gasteiger partial charge in [-0.15, -0.1) is 0 Å². The van der Waals surface area contributed by atoms with Crippen molar-refractivity contribution in [1.29, 1.82) is 0 Å². The molecule has 1 unspecified atom stereocenters. The molecule has 3 heteroatoms. The highest BCUT2D eigenvalue weighted by Gasteiger charge is 2.47. The smallest absolute Gasteiger partial charge is 0.137 e. The Labute approximate surface area is 260 Å². The number of hydrogen-bond donors (Lipinski definition) is 1. The summed E-state index contributed by atoms with van der Waals surface area (Å²) in [6, 6.07) is 35.2. The molecular formula is C41H35N3. The van der Waals surface area contributed by atoms with Crippen molar-refractivity contribution in [3.05, 3.63) is 173 Å². The van der Waals surface area contributed by atoms with Crippen LogP contribution in [0.2, 0.25) is 0 Å². The first-order chi connectivity index (χ1) is 21.6. The second-order valence-electron chi connectivity index (χ2n) is 12.3. The predicted molar refractivity (Wildman–Crippen MR) is 183 cm³/mol. The van der Waals surface area contributed by atoms with Crippen LogP contribution in [0, 0.1) is 5.41 Å². The van der Waals surface area contributed by atoms with Crippen LogP contribution in [-0.2, 0) is 0 Å². The topological polar surface area (TPSA) is 28.2 Å². The molecule has 44 heavy (non-hydrogen) atoms. The number of pyridine rings is 1. The van der Waals surface area contributed by atoms with Crippen molar-refractivity contribution in [3.63, 3.8) is 0 Å². The van der Waals surface area contributed by atoms with E-state index in [1.807, 2.05) is 12.3 Å². The molecule has 4 aliphatic rings. The van der Waals surface area contributed by atoms with Crippen LogP contribution in [0.3, 0.4) is 0 Å². The Hall–Kier alpha value is -5.15. The van der Waals surface area contributed by atoms with E-state index >= 15 is 0 Å². The number of aromatic nitrogens is 1. The summed E-state index contributed by atoms with van der Waals surface area (Å²) in [7, 11) is 0. The monoisotopic (exact) mass is 569 g/mol. The van der Waals surface area contributed by atoms with Crippen molar-refractivity contribution in [2.75, 3.05) is 4.90 Å². The maximum Gasteiger partial charge on any atom is 0.137 e. The maximum atomic E-state index is 5.38. The van der Waals surface area contributed by atoms with E-state index in [2.05, 4.69) is 152 Å². The fraction of sp³-hybridized carbons (Fsp3) is 0.146. The molecule has 214 valence electrons. The maximum absolute atomic E-state index is 5.38. The van der Waals surface area contributed by atoms with Crippen molar-refractivity contribution in [2.45, 2.75) is 32.7 Å². The molecule has 0 fully saturated rings. The SMILES string of the molecule is CC1(C)C(C2=CC=CCC2)=C(c2ccccc2)C2=C1N(c1cccc(C3C=CC=CN3)n1)c1ccccc1-c1ccccc12. The summed E-state index contributed by atoms with van der Waals surface area (Å²) in [6.07, 6.45) is 17.2. The average molecular weight is 570 g/mol. The third-order valence-electron chi connectivity index (χ3n) is 9.30. The predicted octanol–water partition coefficient (Wildman–Crippen LogP) is 10.1. The van der Waals surface area contributed by atoms with Crippen LogP contribution < -0.4 is 10.2 Å². The number of nitrogens with one attached hydrogen (secondary N) is 1. The molecule has 8 rings (SSSR count). The van der Waals surface area contributed by atoms with Gasteiger partial charge in [0.2, 0.25) is 0 Å². The third-order valence-corrected chi connectivity index (χ3v) is 9.30. The van der Waals surface area contributed by atoms with Crippen LogP contribution in [0.15, 0.2) is 157 Å². The highest BCUT2D eigenvalue weighted by Crippen LogP contribution is 2.62. The van der Waals surface area contributed by atoms with Crippen LogP contribution in [0.25, 0.3) is 22.3 Å². The van der Waals surface area contributed by atoms with E-state index in [4.69, 9.17) is 4.98 Å². The van der Waals surface area contributed by atoms with Gasteiger partial charge in [0.05, 0.1) is 17.4 Å². The van der Waals surface area contributed by atoms with Gasteiger partial charge in [-0.05, 0) is 76.7 Å². The van der Waals surface area contributed by atoms with Crippen LogP contribution in [0.5, 0.6) is 0 Å². The molecule has 0 saturated carbocycles. The first kappa shape index (κ1) is 26.5. The Morgan fingerprint density at radius 3 is 2.30 bits per heavy atom. The zero-order valence-corrected chi connectivity index (χ0v) is 25.2. The Bertz CT molecular complexity index is 1970. The van der Waals surface area contributed by atoms with Crippen LogP contribution in [-0.4, -0.2) is 4.98 Å². The van der Waals surface area contributed by atoms with Gasteiger partial charge >= 0.3 is 0 Å². The standard InChI is InChI=1S/C41H35N3/c1-41(2)39(29-18-7-4-8-19-29)37(28-16-5-3-6-17-28)38-32-22-10-9-20-30(32)31-21-11-12-25-35(31)44(40(38)41)36-26-15-24-34(43-36)33-23-13-14-27-42-33/h3-7,9-18,20-27,33,42H,8,19H2,1-2H3. The number of allylic oxidation sites excluding steroid dienone is 9. The van der Waals surface area contributed by atoms with Gasteiger partial charge < -0.3 is 5.32 Å². The molecule has 0 saturated heterocycles. The van der Waals surface area contributed by atoms with E-state index in [0.717, 1.165) is 30.0 Å². The Kier molecular flexibility index (Phi) is 6.34. The molecule has 0 radical (unpaired) electrons. The van der Waals surface area contributed by atoms with E-state index < -0.39 is 0 Å². The Balaban J connectivity index is 1.47. The van der Waals surface area contributed by atoms with Crippen LogP contribution in [0.4, 0.5) is 11.5 Å². The summed E-state index contributed by atoms with van der Waals surface area (Å²) in [5, 5.41) is 3.47. The summed E-state index contributed by atoms with van der Waals surface area (Å²) < 4.78 is 0. The largest absolute Gasteiger partial charge is 0.379 e. The summed E-state index contributed by atoms with van der Waals surface area (Å²) in [5.74, 6) is 0.930. The van der Waals surface area contributed by atoms with Crippen molar-refractivity contribution in [3.8, 4) is 11.1 Å². The molecule has 3 nitrogen and oxygen atoms in total. The highest BCUT2D eigenvalue weighted by atomic mass is 15.2. The zero-order chi connectivity index (χ0) is 29.7. The molecule has 3 aromatic carbocycles. The molecular weight excluding hydrogens is 534 g/mol. The summed E-state index contributed by atoms with van der Waals surface area (Å²) in [4.78, 5) is 7.85. The number of nitrogens with zero attached hydrogens (tertiary/aromatic N) is 2. The van der Waals surface area contributed by atoms with Gasteiger partial charge in [-0.1, -0.05) is 123 Å². The summed E-state index contributed by atoms with van der Waals surface area (Å²) in [5.41, 5.74) is 13.5. The van der Waals surface area contributed by atoms with Crippen LogP contribution in [0.1, 0.15) is 49.6 Å². The number of benzene rings is 3. The molecule has 2 aliphatic carbocycles. The number of hydrogen-bond acceptors (Lipinski definition) is 3. The molecule has 0 spiro atoms. The lowest BCUT2D eigenvalue weighted by atomic mass is 9.76. The molecule has 0 amide bonds. The third kappa shape index (κ3) is 4.15. The summed E-state index contributed by atoms with van der Waals surface area (Å²) >= 11 is 0. The van der Waals surface area contributed by atoms with Gasteiger partial charge in [0, 0.05) is 22.2 Å². The van der Waals surface area contributed by atoms with E-state index in [9.17, 15) is 0 Å². The quantitative estimate of drug-likeness (QED) is 0.265. The minimum Gasteiger partial charge on any atom is -0.379 e. The number of dihydropyridines is 1. The van der Waals surface area contributed by atoms with Gasteiger partial charge in [0.25, 0.3) is 0 Å². The number of anilines is 2. The molecule has 1 aromatic heterocycles. The fourth-order valence-corrected chi connectivity index (χ4v) is 7.46. The number of para-hydroxylation sites is 1. The van der Waals surface area contributed by atoms with Gasteiger partial charge in [-0.25, -0.2) is 4.98 Å². The first-order valence-electron chi connectivity index (χ1n) is 15.6. The normalized spacial score (nSPS) is 19.6. The summed E-state index contributed by atoms with van der Waals surface area (Å²) in [6.45, 7) is 4.83. The average Bonchev–Trinajstić information content (AvgIpc) is 3.24. The second kappa shape index (κ2) is 10.5. The van der Waals surface area contributed by atoms with Crippen molar-refractivity contribution < 1.29 is 0 Å². The molecule has 0 bridgehead atoms.